The molecule has 0 bridgehead atoms. The number of benzene rings is 1. The summed E-state index contributed by atoms with van der Waals surface area (Å²) in [5.41, 5.74) is 2.12. The van der Waals surface area contributed by atoms with Crippen LogP contribution in [-0.2, 0) is 11.8 Å². The van der Waals surface area contributed by atoms with E-state index < -0.39 is 0 Å². The van der Waals surface area contributed by atoms with E-state index in [4.69, 9.17) is 9.47 Å². The minimum atomic E-state index is -0.254. The van der Waals surface area contributed by atoms with Gasteiger partial charge in [0.2, 0.25) is 0 Å². The van der Waals surface area contributed by atoms with E-state index in [0.717, 1.165) is 29.9 Å². The van der Waals surface area contributed by atoms with Gasteiger partial charge >= 0.3 is 0 Å². The smallest absolute Gasteiger partial charge is 0.161 e. The van der Waals surface area contributed by atoms with E-state index in [-0.39, 0.29) is 12.0 Å². The quantitative estimate of drug-likeness (QED) is 0.896. The summed E-state index contributed by atoms with van der Waals surface area (Å²) in [6.45, 7) is 7.74. The summed E-state index contributed by atoms with van der Waals surface area (Å²) in [4.78, 5) is 0. The summed E-state index contributed by atoms with van der Waals surface area (Å²) in [5, 5.41) is 9.56. The third-order valence-electron chi connectivity index (χ3n) is 3.48. The second-order valence-corrected chi connectivity index (χ2v) is 5.40. The van der Waals surface area contributed by atoms with Crippen LogP contribution in [0.25, 0.3) is 0 Å². The molecule has 0 saturated carbocycles. The van der Waals surface area contributed by atoms with Crippen molar-refractivity contribution in [2.75, 3.05) is 19.8 Å². The van der Waals surface area contributed by atoms with Crippen LogP contribution >= 0.6 is 0 Å². The molecule has 1 heterocycles. The van der Waals surface area contributed by atoms with Gasteiger partial charge in [-0.05, 0) is 29.7 Å². The van der Waals surface area contributed by atoms with Crippen molar-refractivity contribution in [2.24, 2.45) is 0 Å². The summed E-state index contributed by atoms with van der Waals surface area (Å²) >= 11 is 0. The zero-order valence-electron chi connectivity index (χ0n) is 11.5. The molecule has 18 heavy (non-hydrogen) atoms. The molecule has 0 fully saturated rings. The highest BCUT2D eigenvalue weighted by molar-refractivity contribution is 5.50. The Hall–Kier alpha value is -1.22. The first-order chi connectivity index (χ1) is 8.58. The third kappa shape index (κ3) is 2.46. The van der Waals surface area contributed by atoms with Crippen molar-refractivity contribution in [3.05, 3.63) is 23.3 Å². The van der Waals surface area contributed by atoms with Crippen LogP contribution in [0.15, 0.2) is 12.1 Å². The summed E-state index contributed by atoms with van der Waals surface area (Å²) in [5.74, 6) is 1.64. The summed E-state index contributed by atoms with van der Waals surface area (Å²) in [6.07, 6.45) is 1.84. The van der Waals surface area contributed by atoms with E-state index in [1.54, 1.807) is 0 Å². The molecule has 2 rings (SSSR count). The lowest BCUT2D eigenvalue weighted by Crippen LogP contribution is -2.24. The van der Waals surface area contributed by atoms with Gasteiger partial charge < -0.3 is 14.6 Å². The maximum absolute atomic E-state index is 9.56. The van der Waals surface area contributed by atoms with Crippen LogP contribution in [0.2, 0.25) is 0 Å². The van der Waals surface area contributed by atoms with Crippen molar-refractivity contribution in [2.45, 2.75) is 39.0 Å². The molecule has 1 aliphatic heterocycles. The first kappa shape index (κ1) is 13.2. The van der Waals surface area contributed by atoms with Crippen molar-refractivity contribution >= 4 is 0 Å². The van der Waals surface area contributed by atoms with Gasteiger partial charge in [-0.25, -0.2) is 0 Å². The second kappa shape index (κ2) is 5.19. The zero-order valence-corrected chi connectivity index (χ0v) is 11.5. The molecule has 0 atom stereocenters. The van der Waals surface area contributed by atoms with Crippen LogP contribution in [0, 0.1) is 0 Å². The summed E-state index contributed by atoms with van der Waals surface area (Å²) in [7, 11) is 0. The number of ether oxygens (including phenoxy) is 2. The van der Waals surface area contributed by atoms with Crippen molar-refractivity contribution in [1.82, 2.24) is 0 Å². The van der Waals surface area contributed by atoms with Gasteiger partial charge in [0, 0.05) is 11.8 Å². The van der Waals surface area contributed by atoms with E-state index in [1.807, 2.05) is 19.9 Å². The Morgan fingerprint density at radius 1 is 1.17 bits per heavy atom. The summed E-state index contributed by atoms with van der Waals surface area (Å²) < 4.78 is 11.4. The average Bonchev–Trinajstić information content (AvgIpc) is 2.61. The first-order valence-corrected chi connectivity index (χ1v) is 6.62. The molecule has 3 nitrogen and oxygen atoms in total. The van der Waals surface area contributed by atoms with E-state index in [9.17, 15) is 5.11 Å². The molecule has 0 radical (unpaired) electrons. The highest BCUT2D eigenvalue weighted by Gasteiger charge is 2.25. The van der Waals surface area contributed by atoms with Crippen molar-refractivity contribution in [3.8, 4) is 11.5 Å². The predicted molar refractivity (Wildman–Crippen MR) is 71.5 cm³/mol. The molecule has 0 amide bonds. The molecule has 0 aliphatic carbocycles. The molecule has 0 aromatic heterocycles. The van der Waals surface area contributed by atoms with Gasteiger partial charge in [0.05, 0.1) is 19.8 Å². The standard InChI is InChI=1S/C15H22O3/c1-4-11-8-13-14(18-7-5-6-17-13)9-12(11)15(2,3)10-16/h8-9,16H,4-7,10H2,1-3H3. The van der Waals surface area contributed by atoms with Crippen LogP contribution in [0.1, 0.15) is 38.3 Å². The molecule has 1 aliphatic rings. The SMILES string of the molecule is CCc1cc2c(cc1C(C)(C)CO)OCCCO2. The Labute approximate surface area is 109 Å². The maximum Gasteiger partial charge on any atom is 0.161 e. The normalized spacial score (nSPS) is 15.3. The number of rotatable bonds is 3. The number of fused-ring (bicyclic) bond motifs is 1. The van der Waals surface area contributed by atoms with E-state index in [1.165, 1.54) is 5.56 Å². The second-order valence-electron chi connectivity index (χ2n) is 5.40. The third-order valence-corrected chi connectivity index (χ3v) is 3.48. The van der Waals surface area contributed by atoms with Gasteiger partial charge in [-0.3, -0.25) is 0 Å². The average molecular weight is 250 g/mol. The van der Waals surface area contributed by atoms with Crippen LogP contribution in [0.3, 0.4) is 0 Å². The highest BCUT2D eigenvalue weighted by atomic mass is 16.5. The van der Waals surface area contributed by atoms with Gasteiger partial charge in [0.25, 0.3) is 0 Å². The number of aliphatic hydroxyl groups excluding tert-OH is 1. The van der Waals surface area contributed by atoms with Gasteiger partial charge in [0.1, 0.15) is 0 Å². The van der Waals surface area contributed by atoms with E-state index >= 15 is 0 Å². The monoisotopic (exact) mass is 250 g/mol. The van der Waals surface area contributed by atoms with E-state index in [2.05, 4.69) is 13.0 Å². The summed E-state index contributed by atoms with van der Waals surface area (Å²) in [6, 6.07) is 4.10. The largest absolute Gasteiger partial charge is 0.490 e. The lowest BCUT2D eigenvalue weighted by molar-refractivity contribution is 0.217. The number of hydrogen-bond donors (Lipinski definition) is 1. The molecule has 0 unspecified atom stereocenters. The molecule has 100 valence electrons. The Kier molecular flexibility index (Phi) is 3.81. The van der Waals surface area contributed by atoms with Gasteiger partial charge in [0.15, 0.2) is 11.5 Å². The van der Waals surface area contributed by atoms with Gasteiger partial charge in [-0.15, -0.1) is 0 Å². The lowest BCUT2D eigenvalue weighted by atomic mass is 9.81. The lowest BCUT2D eigenvalue weighted by Gasteiger charge is -2.26. The molecule has 0 saturated heterocycles. The molecular weight excluding hydrogens is 228 g/mol. The number of hydrogen-bond acceptors (Lipinski definition) is 3. The molecule has 1 N–H and O–H groups in total. The Bertz CT molecular complexity index is 424. The predicted octanol–water partition coefficient (Wildman–Crippen LogP) is 2.68. The zero-order chi connectivity index (χ0) is 13.2. The van der Waals surface area contributed by atoms with Crippen molar-refractivity contribution in [1.29, 1.82) is 0 Å². The molecule has 1 aromatic rings. The fourth-order valence-electron chi connectivity index (χ4n) is 2.26. The van der Waals surface area contributed by atoms with Gasteiger partial charge in [-0.2, -0.15) is 0 Å². The molecule has 3 heteroatoms. The number of aliphatic hydroxyl groups is 1. The Morgan fingerprint density at radius 3 is 2.33 bits per heavy atom. The molecule has 0 spiro atoms. The topological polar surface area (TPSA) is 38.7 Å². The highest BCUT2D eigenvalue weighted by Crippen LogP contribution is 2.37. The van der Waals surface area contributed by atoms with Crippen molar-refractivity contribution < 1.29 is 14.6 Å². The Balaban J connectivity index is 2.49. The van der Waals surface area contributed by atoms with Crippen LogP contribution in [-0.4, -0.2) is 24.9 Å². The van der Waals surface area contributed by atoms with Crippen molar-refractivity contribution in [3.63, 3.8) is 0 Å². The van der Waals surface area contributed by atoms with E-state index in [0.29, 0.717) is 13.2 Å². The molecule has 1 aromatic carbocycles. The minimum absolute atomic E-state index is 0.125. The fourth-order valence-corrected chi connectivity index (χ4v) is 2.26. The van der Waals surface area contributed by atoms with Crippen LogP contribution < -0.4 is 9.47 Å². The van der Waals surface area contributed by atoms with Crippen LogP contribution in [0.4, 0.5) is 0 Å². The van der Waals surface area contributed by atoms with Gasteiger partial charge in [-0.1, -0.05) is 20.8 Å². The maximum atomic E-state index is 9.56. The minimum Gasteiger partial charge on any atom is -0.490 e. The molecular formula is C15H22O3. The Morgan fingerprint density at radius 2 is 1.78 bits per heavy atom. The fraction of sp³-hybridized carbons (Fsp3) is 0.600. The van der Waals surface area contributed by atoms with Crippen LogP contribution in [0.5, 0.6) is 11.5 Å². The number of aryl methyl sites for hydroxylation is 1. The first-order valence-electron chi connectivity index (χ1n) is 6.62.